The first-order valence-corrected chi connectivity index (χ1v) is 7.55. The molecule has 18 heavy (non-hydrogen) atoms. The Balaban J connectivity index is 2.09. The van der Waals surface area contributed by atoms with Crippen LogP contribution in [0.25, 0.3) is 0 Å². The second-order valence-electron chi connectivity index (χ2n) is 3.65. The topological polar surface area (TPSA) is 70.7 Å². The summed E-state index contributed by atoms with van der Waals surface area (Å²) in [7, 11) is 0. The summed E-state index contributed by atoms with van der Waals surface area (Å²) in [5.74, 6) is 0.00422. The lowest BCUT2D eigenvalue weighted by molar-refractivity contribution is 0.409. The maximum atomic E-state index is 9.45. The van der Waals surface area contributed by atoms with Gasteiger partial charge >= 0.3 is 0 Å². The standard InChI is InChI=1S/C10H11ClN4OS2/c1-5-6(3-4-7(16)8(5)11)13-14-9-12-10(17-2)15-18-9/h3-6,16H,1-2H3. The van der Waals surface area contributed by atoms with Gasteiger partial charge in [0.2, 0.25) is 10.3 Å². The molecule has 0 saturated heterocycles. The largest absolute Gasteiger partial charge is 0.507 e. The molecule has 0 radical (unpaired) electrons. The lowest BCUT2D eigenvalue weighted by atomic mass is 9.97. The average Bonchev–Trinajstić information content (AvgIpc) is 2.83. The monoisotopic (exact) mass is 302 g/mol. The number of halogens is 1. The van der Waals surface area contributed by atoms with Crippen molar-refractivity contribution in [3.63, 3.8) is 0 Å². The predicted molar refractivity (Wildman–Crippen MR) is 73.8 cm³/mol. The summed E-state index contributed by atoms with van der Waals surface area (Å²) >= 11 is 8.64. The van der Waals surface area contributed by atoms with E-state index in [1.54, 1.807) is 12.2 Å². The van der Waals surface area contributed by atoms with E-state index in [-0.39, 0.29) is 17.7 Å². The Bertz CT molecular complexity index is 526. The van der Waals surface area contributed by atoms with Crippen LogP contribution in [0.4, 0.5) is 5.13 Å². The summed E-state index contributed by atoms with van der Waals surface area (Å²) in [6, 6.07) is -0.185. The van der Waals surface area contributed by atoms with Gasteiger partial charge < -0.3 is 5.11 Å². The molecular weight excluding hydrogens is 292 g/mol. The van der Waals surface area contributed by atoms with Crippen LogP contribution in [0.5, 0.6) is 0 Å². The van der Waals surface area contributed by atoms with Crippen LogP contribution in [0.3, 0.4) is 0 Å². The molecule has 1 aliphatic carbocycles. The molecule has 1 aromatic heterocycles. The number of aliphatic hydroxyl groups is 1. The van der Waals surface area contributed by atoms with E-state index in [9.17, 15) is 5.11 Å². The van der Waals surface area contributed by atoms with Gasteiger partial charge in [0.25, 0.3) is 0 Å². The molecular formula is C10H11ClN4OS2. The highest BCUT2D eigenvalue weighted by molar-refractivity contribution is 7.98. The van der Waals surface area contributed by atoms with E-state index >= 15 is 0 Å². The van der Waals surface area contributed by atoms with Crippen LogP contribution >= 0.6 is 34.9 Å². The zero-order valence-electron chi connectivity index (χ0n) is 9.74. The number of thioether (sulfide) groups is 1. The molecule has 96 valence electrons. The number of allylic oxidation sites excluding steroid dienone is 1. The van der Waals surface area contributed by atoms with E-state index < -0.39 is 0 Å². The molecule has 2 rings (SSSR count). The Labute approximate surface area is 118 Å². The maximum absolute atomic E-state index is 9.45. The van der Waals surface area contributed by atoms with Crippen LogP contribution in [0, 0.1) is 5.92 Å². The van der Waals surface area contributed by atoms with Crippen LogP contribution in [0.1, 0.15) is 6.92 Å². The van der Waals surface area contributed by atoms with Crippen molar-refractivity contribution in [2.24, 2.45) is 16.1 Å². The third kappa shape index (κ3) is 2.90. The number of hydrogen-bond donors (Lipinski definition) is 1. The molecule has 2 unspecified atom stereocenters. The summed E-state index contributed by atoms with van der Waals surface area (Å²) in [5, 5.41) is 19.3. The number of rotatable bonds is 3. The minimum atomic E-state index is -0.185. The Morgan fingerprint density at radius 1 is 1.56 bits per heavy atom. The van der Waals surface area contributed by atoms with Crippen LogP contribution in [-0.4, -0.2) is 26.8 Å². The van der Waals surface area contributed by atoms with Gasteiger partial charge in [-0.3, -0.25) is 0 Å². The molecule has 0 spiro atoms. The lowest BCUT2D eigenvalue weighted by Gasteiger charge is -2.19. The van der Waals surface area contributed by atoms with Crippen LogP contribution in [-0.2, 0) is 0 Å². The number of aromatic nitrogens is 2. The van der Waals surface area contributed by atoms with Crippen molar-refractivity contribution < 1.29 is 5.11 Å². The molecule has 0 aliphatic heterocycles. The third-order valence-corrected chi connectivity index (χ3v) is 4.27. The summed E-state index contributed by atoms with van der Waals surface area (Å²) < 4.78 is 4.09. The van der Waals surface area contributed by atoms with Crippen LogP contribution in [0.15, 0.2) is 38.3 Å². The number of hydrogen-bond acceptors (Lipinski definition) is 7. The predicted octanol–water partition coefficient (Wildman–Crippen LogP) is 3.93. The Morgan fingerprint density at radius 3 is 3.00 bits per heavy atom. The molecule has 0 bridgehead atoms. The minimum absolute atomic E-state index is 0.0895. The van der Waals surface area contributed by atoms with Crippen molar-refractivity contribution in [1.82, 2.24) is 9.36 Å². The molecule has 1 aromatic rings. The molecule has 1 aliphatic rings. The van der Waals surface area contributed by atoms with Crippen molar-refractivity contribution in [1.29, 1.82) is 0 Å². The fourth-order valence-corrected chi connectivity index (χ4v) is 2.65. The SMILES string of the molecule is CSc1nsc(N=NC2C=CC(O)=C(Cl)C2C)n1. The highest BCUT2D eigenvalue weighted by Gasteiger charge is 2.23. The lowest BCUT2D eigenvalue weighted by Crippen LogP contribution is -2.17. The van der Waals surface area contributed by atoms with Gasteiger partial charge in [-0.15, -0.1) is 5.11 Å². The number of nitrogens with zero attached hydrogens (tertiary/aromatic N) is 4. The van der Waals surface area contributed by atoms with Crippen molar-refractivity contribution in [2.45, 2.75) is 18.1 Å². The van der Waals surface area contributed by atoms with Gasteiger partial charge in [0.1, 0.15) is 5.76 Å². The van der Waals surface area contributed by atoms with Gasteiger partial charge in [-0.05, 0) is 12.3 Å². The summed E-state index contributed by atoms with van der Waals surface area (Å²) in [6.07, 6.45) is 5.22. The highest BCUT2D eigenvalue weighted by atomic mass is 35.5. The smallest absolute Gasteiger partial charge is 0.249 e. The molecule has 1 N–H and O–H groups in total. The first-order chi connectivity index (χ1) is 8.61. The summed E-state index contributed by atoms with van der Waals surface area (Å²) in [4.78, 5) is 4.16. The second-order valence-corrected chi connectivity index (χ2v) is 5.56. The fraction of sp³-hybridized carbons (Fsp3) is 0.400. The molecule has 5 nitrogen and oxygen atoms in total. The van der Waals surface area contributed by atoms with E-state index in [4.69, 9.17) is 11.6 Å². The van der Waals surface area contributed by atoms with E-state index in [1.807, 2.05) is 13.2 Å². The van der Waals surface area contributed by atoms with Crippen molar-refractivity contribution in [3.8, 4) is 0 Å². The molecule has 0 aromatic carbocycles. The molecule has 0 saturated carbocycles. The number of azo groups is 1. The van der Waals surface area contributed by atoms with E-state index in [0.29, 0.717) is 15.3 Å². The van der Waals surface area contributed by atoms with E-state index in [1.165, 1.54) is 23.3 Å². The first kappa shape index (κ1) is 13.5. The van der Waals surface area contributed by atoms with Gasteiger partial charge in [-0.1, -0.05) is 36.4 Å². The Kier molecular flexibility index (Phi) is 4.36. The van der Waals surface area contributed by atoms with Gasteiger partial charge in [0.05, 0.1) is 11.1 Å². The van der Waals surface area contributed by atoms with Gasteiger partial charge in [0.15, 0.2) is 0 Å². The zero-order valence-corrected chi connectivity index (χ0v) is 12.1. The van der Waals surface area contributed by atoms with Gasteiger partial charge in [-0.25, -0.2) is 0 Å². The molecule has 2 atom stereocenters. The maximum Gasteiger partial charge on any atom is 0.249 e. The van der Waals surface area contributed by atoms with Crippen molar-refractivity contribution >= 4 is 40.0 Å². The third-order valence-electron chi connectivity index (χ3n) is 2.46. The average molecular weight is 303 g/mol. The molecule has 0 amide bonds. The van der Waals surface area contributed by atoms with Crippen molar-refractivity contribution in [3.05, 3.63) is 22.9 Å². The van der Waals surface area contributed by atoms with Gasteiger partial charge in [-0.2, -0.15) is 14.5 Å². The molecule has 8 heteroatoms. The highest BCUT2D eigenvalue weighted by Crippen LogP contribution is 2.30. The van der Waals surface area contributed by atoms with Gasteiger partial charge in [0, 0.05) is 17.5 Å². The number of aliphatic hydroxyl groups excluding tert-OH is 1. The van der Waals surface area contributed by atoms with E-state index in [2.05, 4.69) is 19.6 Å². The second kappa shape index (κ2) is 5.81. The quantitative estimate of drug-likeness (QED) is 0.678. The zero-order chi connectivity index (χ0) is 13.1. The van der Waals surface area contributed by atoms with Crippen LogP contribution < -0.4 is 0 Å². The Hall–Kier alpha value is -0.920. The van der Waals surface area contributed by atoms with Crippen LogP contribution in [0.2, 0.25) is 0 Å². The fourth-order valence-electron chi connectivity index (χ4n) is 1.40. The first-order valence-electron chi connectivity index (χ1n) is 5.17. The molecule has 0 fully saturated rings. The van der Waals surface area contributed by atoms with Crippen molar-refractivity contribution in [2.75, 3.05) is 6.26 Å². The minimum Gasteiger partial charge on any atom is -0.507 e. The summed E-state index contributed by atoms with van der Waals surface area (Å²) in [6.45, 7) is 1.89. The Morgan fingerprint density at radius 2 is 2.33 bits per heavy atom. The molecule has 1 heterocycles. The summed E-state index contributed by atoms with van der Waals surface area (Å²) in [5.41, 5.74) is 0. The van der Waals surface area contributed by atoms with E-state index in [0.717, 1.165) is 0 Å². The normalized spacial score (nSPS) is 24.2.